The molecule has 0 rings (SSSR count). The molecule has 0 spiro atoms. The smallest absolute Gasteiger partial charge is 0.221 e. The third kappa shape index (κ3) is 19.4. The van der Waals surface area contributed by atoms with E-state index in [1.54, 1.807) is 0 Å². The molecule has 0 aromatic heterocycles. The topological polar surface area (TPSA) is 141 Å². The van der Waals surface area contributed by atoms with E-state index in [2.05, 4.69) is 16.6 Å². The summed E-state index contributed by atoms with van der Waals surface area (Å²) in [6, 6.07) is 0. The number of nitrogens with two attached hydrogens (primary N) is 2. The number of terminal acetylenes is 1. The van der Waals surface area contributed by atoms with Crippen LogP contribution in [-0.4, -0.2) is 102 Å². The summed E-state index contributed by atoms with van der Waals surface area (Å²) in [4.78, 5) is 25.6. The van der Waals surface area contributed by atoms with Gasteiger partial charge in [0.2, 0.25) is 11.8 Å². The van der Waals surface area contributed by atoms with Gasteiger partial charge in [0.05, 0.1) is 33.0 Å². The normalized spacial score (nSPS) is 10.7. The maximum atomic E-state index is 11.8. The van der Waals surface area contributed by atoms with Crippen LogP contribution in [0.15, 0.2) is 0 Å². The third-order valence-electron chi connectivity index (χ3n) is 3.72. The van der Waals surface area contributed by atoms with E-state index in [1.165, 1.54) is 0 Å². The van der Waals surface area contributed by atoms with E-state index < -0.39 is 0 Å². The van der Waals surface area contributed by atoms with Gasteiger partial charge in [0.25, 0.3) is 0 Å². The van der Waals surface area contributed by atoms with Gasteiger partial charge in [-0.2, -0.15) is 0 Å². The number of rotatable bonds is 20. The summed E-state index contributed by atoms with van der Waals surface area (Å²) in [6.07, 6.45) is 5.75. The average molecular weight is 416 g/mol. The molecule has 0 atom stereocenters. The molecule has 0 aliphatic carbocycles. The Kier molecular flexibility index (Phi) is 19.7. The zero-order chi connectivity index (χ0) is 21.6. The SMILES string of the molecule is C#CCOCCOCCOCCN(CCC(=O)NCCN)CCC(=O)NCCN. The molecule has 2 amide bonds. The van der Waals surface area contributed by atoms with E-state index in [4.69, 9.17) is 32.1 Å². The van der Waals surface area contributed by atoms with Gasteiger partial charge in [-0.3, -0.25) is 9.59 Å². The lowest BCUT2D eigenvalue weighted by Crippen LogP contribution is -2.37. The summed E-state index contributed by atoms with van der Waals surface area (Å²) in [5.41, 5.74) is 10.8. The van der Waals surface area contributed by atoms with Crippen LogP contribution in [0.5, 0.6) is 0 Å². The molecule has 0 heterocycles. The van der Waals surface area contributed by atoms with Crippen molar-refractivity contribution in [2.75, 3.05) is 85.5 Å². The molecule has 0 unspecified atom stereocenters. The maximum Gasteiger partial charge on any atom is 0.221 e. The Labute approximate surface area is 174 Å². The van der Waals surface area contributed by atoms with E-state index in [-0.39, 0.29) is 18.4 Å². The number of ether oxygens (including phenoxy) is 3. The van der Waals surface area contributed by atoms with Gasteiger partial charge in [0.15, 0.2) is 0 Å². The fourth-order valence-electron chi connectivity index (χ4n) is 2.22. The summed E-state index contributed by atoms with van der Waals surface area (Å²) in [7, 11) is 0. The molecule has 29 heavy (non-hydrogen) atoms. The van der Waals surface area contributed by atoms with Gasteiger partial charge in [-0.15, -0.1) is 6.42 Å². The zero-order valence-electron chi connectivity index (χ0n) is 17.3. The number of nitrogens with zero attached hydrogens (tertiary/aromatic N) is 1. The quantitative estimate of drug-likeness (QED) is 0.131. The molecule has 0 saturated heterocycles. The Morgan fingerprint density at radius 2 is 1.28 bits per heavy atom. The summed E-state index contributed by atoms with van der Waals surface area (Å²) in [5, 5.41) is 5.47. The van der Waals surface area contributed by atoms with Crippen LogP contribution >= 0.6 is 0 Å². The molecule has 10 nitrogen and oxygen atoms in total. The maximum absolute atomic E-state index is 11.8. The lowest BCUT2D eigenvalue weighted by Gasteiger charge is -2.22. The number of carbonyl (C=O) groups is 2. The minimum atomic E-state index is -0.0607. The second kappa shape index (κ2) is 21.0. The first kappa shape index (κ1) is 27.3. The molecular formula is C19H37N5O5. The monoisotopic (exact) mass is 415 g/mol. The first-order chi connectivity index (χ1) is 14.1. The van der Waals surface area contributed by atoms with Crippen molar-refractivity contribution in [1.29, 1.82) is 0 Å². The van der Waals surface area contributed by atoms with Gasteiger partial charge in [0.1, 0.15) is 6.61 Å². The predicted octanol–water partition coefficient (Wildman–Crippen LogP) is -2.10. The van der Waals surface area contributed by atoms with Crippen LogP contribution in [0.3, 0.4) is 0 Å². The fourth-order valence-corrected chi connectivity index (χ4v) is 2.22. The van der Waals surface area contributed by atoms with E-state index in [1.807, 2.05) is 4.90 Å². The zero-order valence-corrected chi connectivity index (χ0v) is 17.3. The van der Waals surface area contributed by atoms with E-state index in [0.717, 1.165) is 0 Å². The third-order valence-corrected chi connectivity index (χ3v) is 3.72. The molecule has 0 aromatic carbocycles. The van der Waals surface area contributed by atoms with Gasteiger partial charge in [0, 0.05) is 58.7 Å². The first-order valence-corrected chi connectivity index (χ1v) is 9.96. The number of hydrogen-bond acceptors (Lipinski definition) is 8. The van der Waals surface area contributed by atoms with E-state index in [9.17, 15) is 9.59 Å². The number of nitrogens with one attached hydrogen (secondary N) is 2. The largest absolute Gasteiger partial charge is 0.378 e. The molecule has 6 N–H and O–H groups in total. The first-order valence-electron chi connectivity index (χ1n) is 9.96. The molecule has 0 aliphatic rings. The van der Waals surface area contributed by atoms with Crippen LogP contribution in [0.4, 0.5) is 0 Å². The molecule has 0 saturated carbocycles. The van der Waals surface area contributed by atoms with Crippen LogP contribution in [-0.2, 0) is 23.8 Å². The summed E-state index contributed by atoms with van der Waals surface area (Å²) in [6.45, 7) is 6.00. The van der Waals surface area contributed by atoms with Gasteiger partial charge >= 0.3 is 0 Å². The van der Waals surface area contributed by atoms with Crippen molar-refractivity contribution >= 4 is 11.8 Å². The highest BCUT2D eigenvalue weighted by molar-refractivity contribution is 5.76. The Hall–Kier alpha value is -1.74. The highest BCUT2D eigenvalue weighted by Gasteiger charge is 2.10. The van der Waals surface area contributed by atoms with Crippen molar-refractivity contribution in [2.24, 2.45) is 11.5 Å². The van der Waals surface area contributed by atoms with Gasteiger partial charge < -0.3 is 41.2 Å². The van der Waals surface area contributed by atoms with Crippen molar-refractivity contribution < 1.29 is 23.8 Å². The lowest BCUT2D eigenvalue weighted by molar-refractivity contribution is -0.121. The van der Waals surface area contributed by atoms with Crippen molar-refractivity contribution in [3.8, 4) is 12.3 Å². The van der Waals surface area contributed by atoms with Crippen molar-refractivity contribution in [2.45, 2.75) is 12.8 Å². The molecule has 0 fully saturated rings. The lowest BCUT2D eigenvalue weighted by atomic mass is 10.3. The Balaban J connectivity index is 4.02. The molecule has 10 heteroatoms. The minimum Gasteiger partial charge on any atom is -0.378 e. The van der Waals surface area contributed by atoms with Crippen LogP contribution in [0.1, 0.15) is 12.8 Å². The molecule has 168 valence electrons. The number of carbonyl (C=O) groups excluding carboxylic acids is 2. The molecular weight excluding hydrogens is 378 g/mol. The minimum absolute atomic E-state index is 0.0607. The second-order valence-corrected chi connectivity index (χ2v) is 6.10. The second-order valence-electron chi connectivity index (χ2n) is 6.10. The molecule has 0 aliphatic heterocycles. The van der Waals surface area contributed by atoms with Crippen LogP contribution in [0.2, 0.25) is 0 Å². The number of amides is 2. The van der Waals surface area contributed by atoms with Gasteiger partial charge in [-0.25, -0.2) is 0 Å². The van der Waals surface area contributed by atoms with Crippen molar-refractivity contribution in [3.05, 3.63) is 0 Å². The van der Waals surface area contributed by atoms with E-state index in [0.29, 0.717) is 91.7 Å². The van der Waals surface area contributed by atoms with Crippen LogP contribution < -0.4 is 22.1 Å². The summed E-state index contributed by atoms with van der Waals surface area (Å²) >= 11 is 0. The van der Waals surface area contributed by atoms with Crippen LogP contribution in [0, 0.1) is 12.3 Å². The Bertz CT molecular complexity index is 435. The van der Waals surface area contributed by atoms with Crippen molar-refractivity contribution in [1.82, 2.24) is 15.5 Å². The Morgan fingerprint density at radius 1 is 0.793 bits per heavy atom. The van der Waals surface area contributed by atoms with Crippen molar-refractivity contribution in [3.63, 3.8) is 0 Å². The fraction of sp³-hybridized carbons (Fsp3) is 0.789. The van der Waals surface area contributed by atoms with Gasteiger partial charge in [-0.05, 0) is 0 Å². The standard InChI is InChI=1S/C19H37N5O5/c1-2-12-27-14-16-29-17-15-28-13-11-24(9-3-18(25)22-7-5-20)10-4-19(26)23-8-6-21/h1H,3-17,20-21H2,(H,22,25)(H,23,26). The molecule has 0 radical (unpaired) electrons. The summed E-state index contributed by atoms with van der Waals surface area (Å²) in [5.74, 6) is 2.26. The summed E-state index contributed by atoms with van der Waals surface area (Å²) < 4.78 is 16.0. The molecule has 0 bridgehead atoms. The van der Waals surface area contributed by atoms with E-state index >= 15 is 0 Å². The number of hydrogen-bond donors (Lipinski definition) is 4. The highest BCUT2D eigenvalue weighted by Crippen LogP contribution is 1.96. The molecule has 0 aromatic rings. The average Bonchev–Trinajstić information content (AvgIpc) is 2.73. The van der Waals surface area contributed by atoms with Crippen LogP contribution in [0.25, 0.3) is 0 Å². The highest BCUT2D eigenvalue weighted by atomic mass is 16.5. The predicted molar refractivity (Wildman–Crippen MR) is 111 cm³/mol. The van der Waals surface area contributed by atoms with Gasteiger partial charge in [-0.1, -0.05) is 5.92 Å². The Morgan fingerprint density at radius 3 is 1.76 bits per heavy atom.